The summed E-state index contributed by atoms with van der Waals surface area (Å²) in [7, 11) is 1.76. The maximum atomic E-state index is 12.4. The second-order valence-corrected chi connectivity index (χ2v) is 5.91. The van der Waals surface area contributed by atoms with Crippen LogP contribution in [-0.2, 0) is 6.54 Å². The van der Waals surface area contributed by atoms with Gasteiger partial charge in [0.2, 0.25) is 0 Å². The van der Waals surface area contributed by atoms with Crippen molar-refractivity contribution >= 4 is 39.5 Å². The largest absolute Gasteiger partial charge is 0.382 e. The number of anilines is 2. The van der Waals surface area contributed by atoms with Crippen molar-refractivity contribution in [3.63, 3.8) is 0 Å². The molecule has 0 radical (unpaired) electrons. The van der Waals surface area contributed by atoms with Gasteiger partial charge >= 0.3 is 0 Å². The molecule has 5 nitrogen and oxygen atoms in total. The van der Waals surface area contributed by atoms with Crippen molar-refractivity contribution in [3.05, 3.63) is 27.3 Å². The summed E-state index contributed by atoms with van der Waals surface area (Å²) < 4.78 is 0. The van der Waals surface area contributed by atoms with Gasteiger partial charge in [0.15, 0.2) is 5.13 Å². The predicted molar refractivity (Wildman–Crippen MR) is 80.8 cm³/mol. The van der Waals surface area contributed by atoms with Crippen molar-refractivity contribution in [2.75, 3.05) is 24.6 Å². The molecule has 0 saturated carbocycles. The number of rotatable bonds is 5. The smallest absolute Gasteiger partial charge is 0.268 e. The zero-order valence-corrected chi connectivity index (χ0v) is 12.5. The minimum absolute atomic E-state index is 0.0626. The Hall–Kier alpha value is -1.60. The Morgan fingerprint density at radius 2 is 2.37 bits per heavy atom. The van der Waals surface area contributed by atoms with Crippen LogP contribution in [-0.4, -0.2) is 29.4 Å². The molecule has 19 heavy (non-hydrogen) atoms. The minimum Gasteiger partial charge on any atom is -0.382 e. The number of carbonyl (C=O) groups is 1. The van der Waals surface area contributed by atoms with Crippen molar-refractivity contribution < 1.29 is 4.79 Å². The number of aromatic nitrogens is 1. The maximum absolute atomic E-state index is 12.4. The third-order valence-corrected chi connectivity index (χ3v) is 4.60. The average Bonchev–Trinajstić information content (AvgIpc) is 3.04. The first-order valence-corrected chi connectivity index (χ1v) is 7.61. The summed E-state index contributed by atoms with van der Waals surface area (Å²) in [6.45, 7) is 3.21. The maximum Gasteiger partial charge on any atom is 0.268 e. The first kappa shape index (κ1) is 13.8. The normalized spacial score (nSPS) is 10.4. The molecule has 2 heterocycles. The van der Waals surface area contributed by atoms with Crippen molar-refractivity contribution in [1.29, 1.82) is 0 Å². The molecule has 0 aromatic carbocycles. The third kappa shape index (κ3) is 3.05. The second kappa shape index (κ2) is 6.03. The van der Waals surface area contributed by atoms with Crippen LogP contribution in [0.5, 0.6) is 0 Å². The van der Waals surface area contributed by atoms with Crippen molar-refractivity contribution in [3.8, 4) is 0 Å². The van der Waals surface area contributed by atoms with E-state index in [0.29, 0.717) is 28.9 Å². The number of amides is 1. The van der Waals surface area contributed by atoms with E-state index in [1.165, 1.54) is 11.3 Å². The van der Waals surface area contributed by atoms with Crippen LogP contribution in [0.2, 0.25) is 0 Å². The molecule has 0 atom stereocenters. The number of nitrogens with one attached hydrogen (secondary N) is 1. The van der Waals surface area contributed by atoms with Gasteiger partial charge < -0.3 is 16.0 Å². The van der Waals surface area contributed by atoms with Crippen LogP contribution in [0.1, 0.15) is 21.5 Å². The number of carbonyl (C=O) groups excluding carboxylic acids is 1. The highest BCUT2D eigenvalue weighted by Gasteiger charge is 2.21. The highest BCUT2D eigenvalue weighted by atomic mass is 32.1. The quantitative estimate of drug-likeness (QED) is 0.889. The summed E-state index contributed by atoms with van der Waals surface area (Å²) in [4.78, 5) is 20.0. The zero-order valence-electron chi connectivity index (χ0n) is 10.8. The number of nitrogen functional groups attached to an aromatic ring is 1. The van der Waals surface area contributed by atoms with E-state index in [1.54, 1.807) is 23.3 Å². The summed E-state index contributed by atoms with van der Waals surface area (Å²) in [5.74, 6) is 0.233. The first-order chi connectivity index (χ1) is 9.15. The predicted octanol–water partition coefficient (Wildman–Crippen LogP) is 2.49. The molecular formula is C12H16N4OS2. The molecule has 0 bridgehead atoms. The molecule has 0 unspecified atom stereocenters. The molecule has 2 aromatic heterocycles. The second-order valence-electron chi connectivity index (χ2n) is 3.88. The molecule has 0 fully saturated rings. The van der Waals surface area contributed by atoms with Crippen LogP contribution in [0, 0.1) is 0 Å². The van der Waals surface area contributed by atoms with Gasteiger partial charge in [0.05, 0.1) is 6.54 Å². The van der Waals surface area contributed by atoms with Crippen molar-refractivity contribution in [2.45, 2.75) is 13.5 Å². The topological polar surface area (TPSA) is 71.2 Å². The monoisotopic (exact) mass is 296 g/mol. The molecular weight excluding hydrogens is 280 g/mol. The molecule has 0 aliphatic rings. The summed E-state index contributed by atoms with van der Waals surface area (Å²) in [6, 6.07) is 4.01. The molecule has 0 aliphatic carbocycles. The van der Waals surface area contributed by atoms with Crippen LogP contribution < -0.4 is 11.1 Å². The van der Waals surface area contributed by atoms with E-state index in [-0.39, 0.29) is 5.91 Å². The number of thiophene rings is 1. The van der Waals surface area contributed by atoms with E-state index in [9.17, 15) is 4.79 Å². The van der Waals surface area contributed by atoms with E-state index < -0.39 is 0 Å². The van der Waals surface area contributed by atoms with Gasteiger partial charge in [-0.2, -0.15) is 0 Å². The summed E-state index contributed by atoms with van der Waals surface area (Å²) in [5, 5.41) is 5.57. The van der Waals surface area contributed by atoms with Crippen LogP contribution >= 0.6 is 22.7 Å². The lowest BCUT2D eigenvalue weighted by Crippen LogP contribution is -2.29. The number of hydrogen-bond donors (Lipinski definition) is 2. The Morgan fingerprint density at radius 3 is 2.89 bits per heavy atom. The van der Waals surface area contributed by atoms with Gasteiger partial charge in [-0.1, -0.05) is 17.4 Å². The Balaban J connectivity index is 2.17. The fourth-order valence-electron chi connectivity index (χ4n) is 1.65. The Morgan fingerprint density at radius 1 is 1.58 bits per heavy atom. The van der Waals surface area contributed by atoms with Crippen LogP contribution in [0.4, 0.5) is 10.9 Å². The molecule has 102 valence electrons. The number of thiazole rings is 1. The fourth-order valence-corrected chi connectivity index (χ4v) is 3.18. The van der Waals surface area contributed by atoms with Gasteiger partial charge in [0, 0.05) is 18.5 Å². The van der Waals surface area contributed by atoms with E-state index in [0.717, 1.165) is 4.88 Å². The molecule has 0 spiro atoms. The molecule has 0 saturated heterocycles. The van der Waals surface area contributed by atoms with Gasteiger partial charge in [-0.15, -0.1) is 11.3 Å². The van der Waals surface area contributed by atoms with Crippen LogP contribution in [0.3, 0.4) is 0 Å². The molecule has 2 rings (SSSR count). The Labute approximate surface area is 120 Å². The van der Waals surface area contributed by atoms with Gasteiger partial charge in [-0.3, -0.25) is 4.79 Å². The van der Waals surface area contributed by atoms with E-state index in [2.05, 4.69) is 10.3 Å². The number of nitrogens with two attached hydrogens (primary N) is 1. The summed E-state index contributed by atoms with van der Waals surface area (Å²) in [5.41, 5.74) is 5.80. The molecule has 0 aliphatic heterocycles. The van der Waals surface area contributed by atoms with Crippen LogP contribution in [0.25, 0.3) is 0 Å². The Bertz CT molecular complexity index is 550. The molecule has 1 amide bonds. The fraction of sp³-hybridized carbons (Fsp3) is 0.333. The average molecular weight is 296 g/mol. The highest BCUT2D eigenvalue weighted by molar-refractivity contribution is 7.18. The van der Waals surface area contributed by atoms with Crippen LogP contribution in [0.15, 0.2) is 17.5 Å². The summed E-state index contributed by atoms with van der Waals surface area (Å²) >= 11 is 2.93. The van der Waals surface area contributed by atoms with Crippen molar-refractivity contribution in [2.24, 2.45) is 0 Å². The van der Waals surface area contributed by atoms with Gasteiger partial charge in [-0.05, 0) is 18.4 Å². The van der Waals surface area contributed by atoms with Gasteiger partial charge in [0.25, 0.3) is 5.91 Å². The minimum atomic E-state index is -0.0626. The van der Waals surface area contributed by atoms with Gasteiger partial charge in [0.1, 0.15) is 10.7 Å². The van der Waals surface area contributed by atoms with E-state index in [4.69, 9.17) is 5.73 Å². The molecule has 7 heteroatoms. The SMILES string of the molecule is CCN(Cc1cccs1)C(=O)c1sc(NC)nc1N. The van der Waals surface area contributed by atoms with E-state index >= 15 is 0 Å². The zero-order chi connectivity index (χ0) is 13.8. The van der Waals surface area contributed by atoms with Gasteiger partial charge in [-0.25, -0.2) is 4.98 Å². The lowest BCUT2D eigenvalue weighted by atomic mass is 10.3. The molecule has 3 N–H and O–H groups in total. The number of hydrogen-bond acceptors (Lipinski definition) is 6. The lowest BCUT2D eigenvalue weighted by Gasteiger charge is -2.19. The Kier molecular flexibility index (Phi) is 4.39. The van der Waals surface area contributed by atoms with Crippen molar-refractivity contribution in [1.82, 2.24) is 9.88 Å². The lowest BCUT2D eigenvalue weighted by molar-refractivity contribution is 0.0760. The summed E-state index contributed by atoms with van der Waals surface area (Å²) in [6.07, 6.45) is 0. The number of nitrogens with zero attached hydrogens (tertiary/aromatic N) is 2. The highest BCUT2D eigenvalue weighted by Crippen LogP contribution is 2.26. The van der Waals surface area contributed by atoms with E-state index in [1.807, 2.05) is 24.4 Å². The first-order valence-electron chi connectivity index (χ1n) is 5.91. The third-order valence-electron chi connectivity index (χ3n) is 2.66. The standard InChI is InChI=1S/C12H16N4OS2/c1-3-16(7-8-5-4-6-18-8)11(17)9-10(13)15-12(14-2)19-9/h4-6H,3,7,13H2,1-2H3,(H,14,15). The molecule has 2 aromatic rings.